The van der Waals surface area contributed by atoms with Crippen molar-refractivity contribution < 1.29 is 69.3 Å². The molecular weight excluding hydrogens is 728 g/mol. The van der Waals surface area contributed by atoms with Gasteiger partial charge in [0.05, 0.1) is 31.5 Å². The van der Waals surface area contributed by atoms with Crippen molar-refractivity contribution in [3.8, 4) is 0 Å². The second-order valence-electron chi connectivity index (χ2n) is 18.7. The Morgan fingerprint density at radius 2 is 1.45 bits per heavy atom. The molecule has 20 atom stereocenters. The second-order valence-corrected chi connectivity index (χ2v) is 18.7. The SMILES string of the molecule is C=C(CC[C@@H](C)[C@H]1[C@H](O[C@@H]2O[C@@H]([C@H](O)COC)[C@@H](O[C@@H]3O[C@@H]([C@H](O)COC)[C@@H](O)[C@H]3O)[C@H]2O)CC2=C3[C@@H](O)[C@@H](O)[C@H]4C[C@H](O)CC[C@]4(C)[C@H]3CC[C@@]21C)C(C)C. The van der Waals surface area contributed by atoms with E-state index in [4.69, 9.17) is 28.4 Å². The Balaban J connectivity index is 1.31. The molecule has 0 radical (unpaired) electrons. The third-order valence-electron chi connectivity index (χ3n) is 15.0. The van der Waals surface area contributed by atoms with Crippen LogP contribution >= 0.6 is 0 Å². The van der Waals surface area contributed by atoms with Crippen LogP contribution in [0.5, 0.6) is 0 Å². The van der Waals surface area contributed by atoms with E-state index in [2.05, 4.69) is 41.2 Å². The molecule has 2 heterocycles. The maximum atomic E-state index is 12.0. The van der Waals surface area contributed by atoms with E-state index in [1.165, 1.54) is 14.2 Å². The van der Waals surface area contributed by atoms with Gasteiger partial charge < -0.3 is 69.3 Å². The molecule has 5 fully saturated rings. The average molecular weight is 799 g/mol. The minimum absolute atomic E-state index is 0.0380. The molecule has 2 saturated heterocycles. The molecule has 0 unspecified atom stereocenters. The molecule has 6 aliphatic rings. The lowest BCUT2D eigenvalue weighted by Crippen LogP contribution is -2.58. The molecule has 0 spiro atoms. The van der Waals surface area contributed by atoms with Gasteiger partial charge in [0, 0.05) is 14.2 Å². The topological polar surface area (TPSA) is 217 Å². The van der Waals surface area contributed by atoms with E-state index < -0.39 is 91.2 Å². The van der Waals surface area contributed by atoms with Crippen molar-refractivity contribution in [3.63, 3.8) is 0 Å². The highest BCUT2D eigenvalue weighted by atomic mass is 16.8. The second kappa shape index (κ2) is 17.5. The molecular formula is C42H70O14. The number of hydrogen-bond donors (Lipinski definition) is 8. The van der Waals surface area contributed by atoms with Crippen LogP contribution < -0.4 is 0 Å². The number of aliphatic hydroxyl groups excluding tert-OH is 8. The molecule has 56 heavy (non-hydrogen) atoms. The van der Waals surface area contributed by atoms with Crippen molar-refractivity contribution in [3.05, 3.63) is 23.3 Å². The molecule has 0 aromatic rings. The van der Waals surface area contributed by atoms with Gasteiger partial charge in [0.1, 0.15) is 54.9 Å². The monoisotopic (exact) mass is 798 g/mol. The lowest BCUT2D eigenvalue weighted by Gasteiger charge is -2.59. The molecule has 14 heteroatoms. The number of methoxy groups -OCH3 is 2. The van der Waals surface area contributed by atoms with E-state index in [9.17, 15) is 40.9 Å². The fourth-order valence-corrected chi connectivity index (χ4v) is 11.7. The molecule has 0 amide bonds. The summed E-state index contributed by atoms with van der Waals surface area (Å²) in [4.78, 5) is 0. The van der Waals surface area contributed by atoms with Gasteiger partial charge in [-0.1, -0.05) is 52.3 Å². The Hall–Kier alpha value is -1.08. The predicted octanol–water partition coefficient (Wildman–Crippen LogP) is 1.57. The molecule has 4 aliphatic carbocycles. The zero-order chi connectivity index (χ0) is 41.0. The van der Waals surface area contributed by atoms with Gasteiger partial charge in [-0.15, -0.1) is 0 Å². The summed E-state index contributed by atoms with van der Waals surface area (Å²) < 4.78 is 35.2. The number of fused-ring (bicyclic) bond motifs is 4. The fraction of sp³-hybridized carbons (Fsp3) is 0.905. The summed E-state index contributed by atoms with van der Waals surface area (Å²) in [5.41, 5.74) is 2.46. The number of hydrogen-bond acceptors (Lipinski definition) is 14. The minimum atomic E-state index is -1.59. The maximum Gasteiger partial charge on any atom is 0.187 e. The van der Waals surface area contributed by atoms with Gasteiger partial charge in [-0.3, -0.25) is 0 Å². The van der Waals surface area contributed by atoms with E-state index in [0.29, 0.717) is 25.2 Å². The Bertz CT molecular complexity index is 1390. The van der Waals surface area contributed by atoms with Gasteiger partial charge in [-0.05, 0) is 97.4 Å². The van der Waals surface area contributed by atoms with Crippen LogP contribution in [0.25, 0.3) is 0 Å². The largest absolute Gasteiger partial charge is 0.393 e. The average Bonchev–Trinajstić information content (AvgIpc) is 3.73. The van der Waals surface area contributed by atoms with Crippen molar-refractivity contribution >= 4 is 0 Å². The lowest BCUT2D eigenvalue weighted by atomic mass is 9.47. The fourth-order valence-electron chi connectivity index (χ4n) is 11.7. The van der Waals surface area contributed by atoms with Crippen LogP contribution in [0.3, 0.4) is 0 Å². The first kappa shape index (κ1) is 44.5. The Kier molecular flexibility index (Phi) is 13.9. The Morgan fingerprint density at radius 3 is 2.09 bits per heavy atom. The van der Waals surface area contributed by atoms with E-state index in [0.717, 1.165) is 48.8 Å². The molecule has 2 aliphatic heterocycles. The van der Waals surface area contributed by atoms with E-state index in [-0.39, 0.29) is 42.3 Å². The highest BCUT2D eigenvalue weighted by Gasteiger charge is 2.63. The summed E-state index contributed by atoms with van der Waals surface area (Å²) in [6, 6.07) is 0. The highest BCUT2D eigenvalue weighted by molar-refractivity contribution is 5.39. The number of allylic oxidation sites excluding steroid dienone is 1. The van der Waals surface area contributed by atoms with Crippen LogP contribution in [0, 0.1) is 40.4 Å². The summed E-state index contributed by atoms with van der Waals surface area (Å²) in [5.74, 6) is 0.191. The molecule has 0 bridgehead atoms. The summed E-state index contributed by atoms with van der Waals surface area (Å²) in [7, 11) is 2.79. The smallest absolute Gasteiger partial charge is 0.187 e. The number of rotatable bonds is 15. The van der Waals surface area contributed by atoms with Crippen molar-refractivity contribution in [2.24, 2.45) is 40.4 Å². The molecule has 322 valence electrons. The Morgan fingerprint density at radius 1 is 0.821 bits per heavy atom. The standard InChI is InChI=1S/C42H70O14/c1-19(2)20(3)9-10-21(4)30-28(16-24-29-23(12-14-42(24,30)6)41(5)13-11-22(43)15-25(41)31(46)32(29)47)53-40-35(50)38(37(55-40)27(45)18-52-8)56-39-34(49)33(48)36(54-39)26(44)17-51-7/h19,21-23,25-28,30-40,43-50H,3,9-18H2,1-2,4-8H3/t21-,22-,23+,25-,26-,27-,28-,30+,31+,32-,33+,34-,35-,36+,37+,38+,39+,40-,41-,42+/m1/s1. The normalized spacial score (nSPS) is 46.8. The van der Waals surface area contributed by atoms with Gasteiger partial charge in [0.2, 0.25) is 0 Å². The first-order valence-electron chi connectivity index (χ1n) is 20.8. The lowest BCUT2D eigenvalue weighted by molar-refractivity contribution is -0.226. The van der Waals surface area contributed by atoms with Gasteiger partial charge >= 0.3 is 0 Å². The summed E-state index contributed by atoms with van der Waals surface area (Å²) in [6.07, 6.45) is -11.0. The molecule has 0 aromatic heterocycles. The van der Waals surface area contributed by atoms with Crippen molar-refractivity contribution in [2.75, 3.05) is 27.4 Å². The van der Waals surface area contributed by atoms with Crippen LogP contribution in [-0.2, 0) is 28.4 Å². The first-order chi connectivity index (χ1) is 26.4. The van der Waals surface area contributed by atoms with Gasteiger partial charge in [-0.2, -0.15) is 0 Å². The zero-order valence-corrected chi connectivity index (χ0v) is 34.3. The van der Waals surface area contributed by atoms with Crippen LogP contribution in [0.15, 0.2) is 23.3 Å². The molecule has 14 nitrogen and oxygen atoms in total. The van der Waals surface area contributed by atoms with Gasteiger partial charge in [-0.25, -0.2) is 0 Å². The van der Waals surface area contributed by atoms with E-state index in [1.54, 1.807) is 0 Å². The summed E-state index contributed by atoms with van der Waals surface area (Å²) in [5, 5.41) is 89.3. The van der Waals surface area contributed by atoms with Crippen molar-refractivity contribution in [1.82, 2.24) is 0 Å². The van der Waals surface area contributed by atoms with Crippen LogP contribution in [-0.4, -0.2) is 154 Å². The van der Waals surface area contributed by atoms with Crippen LogP contribution in [0.4, 0.5) is 0 Å². The first-order valence-corrected chi connectivity index (χ1v) is 20.8. The third-order valence-corrected chi connectivity index (χ3v) is 15.0. The highest BCUT2D eigenvalue weighted by Crippen LogP contribution is 2.66. The van der Waals surface area contributed by atoms with Gasteiger partial charge in [0.15, 0.2) is 12.6 Å². The van der Waals surface area contributed by atoms with Crippen molar-refractivity contribution in [2.45, 2.75) is 172 Å². The van der Waals surface area contributed by atoms with Crippen molar-refractivity contribution in [1.29, 1.82) is 0 Å². The third kappa shape index (κ3) is 7.95. The van der Waals surface area contributed by atoms with E-state index >= 15 is 0 Å². The van der Waals surface area contributed by atoms with Crippen LogP contribution in [0.2, 0.25) is 0 Å². The number of ether oxygens (including phenoxy) is 6. The minimum Gasteiger partial charge on any atom is -0.393 e. The van der Waals surface area contributed by atoms with Crippen LogP contribution in [0.1, 0.15) is 86.0 Å². The summed E-state index contributed by atoms with van der Waals surface area (Å²) in [6.45, 7) is 14.9. The summed E-state index contributed by atoms with van der Waals surface area (Å²) >= 11 is 0. The maximum absolute atomic E-state index is 12.0. The zero-order valence-electron chi connectivity index (χ0n) is 34.3. The molecule has 8 N–H and O–H groups in total. The van der Waals surface area contributed by atoms with Gasteiger partial charge in [0.25, 0.3) is 0 Å². The molecule has 3 saturated carbocycles. The quantitative estimate of drug-likeness (QED) is 0.111. The number of aliphatic hydroxyl groups is 8. The van der Waals surface area contributed by atoms with E-state index in [1.807, 2.05) is 0 Å². The molecule has 6 rings (SSSR count). The Labute approximate surface area is 331 Å². The molecule has 0 aromatic carbocycles. The predicted molar refractivity (Wildman–Crippen MR) is 203 cm³/mol.